The van der Waals surface area contributed by atoms with Crippen molar-refractivity contribution in [2.45, 2.75) is 13.5 Å². The van der Waals surface area contributed by atoms with Gasteiger partial charge in [-0.05, 0) is 25.1 Å². The summed E-state index contributed by atoms with van der Waals surface area (Å²) in [7, 11) is 1.24. The number of carbonyl (C=O) groups excluding carboxylic acids is 2. The molecule has 2 aromatic rings. The van der Waals surface area contributed by atoms with Crippen LogP contribution in [0.4, 0.5) is 0 Å². The lowest BCUT2D eigenvalue weighted by Crippen LogP contribution is -2.20. The number of ketones is 1. The van der Waals surface area contributed by atoms with Gasteiger partial charge in [-0.2, -0.15) is 0 Å². The molecule has 0 saturated heterocycles. The van der Waals surface area contributed by atoms with Gasteiger partial charge in [0, 0.05) is 5.56 Å². The maximum Gasteiger partial charge on any atom is 0.420 e. The highest BCUT2D eigenvalue weighted by atomic mass is 16.5. The smallest absolute Gasteiger partial charge is 0.420 e. The molecule has 6 nitrogen and oxygen atoms in total. The van der Waals surface area contributed by atoms with E-state index >= 15 is 0 Å². The number of benzene rings is 1. The van der Waals surface area contributed by atoms with Crippen molar-refractivity contribution in [2.24, 2.45) is 0 Å². The molecule has 0 aliphatic heterocycles. The van der Waals surface area contributed by atoms with E-state index in [1.807, 2.05) is 0 Å². The van der Waals surface area contributed by atoms with Crippen LogP contribution in [0.15, 0.2) is 27.4 Å². The Morgan fingerprint density at radius 2 is 2.11 bits per heavy atom. The molecular weight excluding hydrogens is 238 g/mol. The minimum absolute atomic E-state index is 0.125. The zero-order valence-electron chi connectivity index (χ0n) is 9.93. The summed E-state index contributed by atoms with van der Waals surface area (Å²) in [4.78, 5) is 34.0. The summed E-state index contributed by atoms with van der Waals surface area (Å²) in [5, 5.41) is 0. The fourth-order valence-corrected chi connectivity index (χ4v) is 1.63. The lowest BCUT2D eigenvalue weighted by Gasteiger charge is -2.00. The largest absolute Gasteiger partial charge is 0.468 e. The van der Waals surface area contributed by atoms with Gasteiger partial charge in [-0.25, -0.2) is 4.79 Å². The molecule has 0 atom stereocenters. The fraction of sp³-hybridized carbons (Fsp3) is 0.250. The van der Waals surface area contributed by atoms with Gasteiger partial charge in [0.15, 0.2) is 11.4 Å². The number of methoxy groups -OCH3 is 1. The lowest BCUT2D eigenvalue weighted by molar-refractivity contribution is -0.141. The Hall–Kier alpha value is -2.37. The number of nitrogens with zero attached hydrogens (tertiary/aromatic N) is 1. The number of Topliss-reactive ketones (excluding diaryl/α,β-unsaturated/α-hetero) is 1. The number of rotatable bonds is 3. The van der Waals surface area contributed by atoms with E-state index in [-0.39, 0.29) is 17.9 Å². The minimum Gasteiger partial charge on any atom is -0.468 e. The Morgan fingerprint density at radius 3 is 2.72 bits per heavy atom. The van der Waals surface area contributed by atoms with Crippen molar-refractivity contribution < 1.29 is 18.7 Å². The average Bonchev–Trinajstić information content (AvgIpc) is 2.64. The van der Waals surface area contributed by atoms with Gasteiger partial charge in [0.05, 0.1) is 12.6 Å². The second-order valence-electron chi connectivity index (χ2n) is 3.77. The molecule has 0 radical (unpaired) electrons. The number of carbonyl (C=O) groups is 2. The number of ether oxygens (including phenoxy) is 1. The Labute approximate surface area is 102 Å². The van der Waals surface area contributed by atoms with Crippen LogP contribution < -0.4 is 5.76 Å². The minimum atomic E-state index is -0.656. The molecule has 0 saturated carbocycles. The van der Waals surface area contributed by atoms with Crippen LogP contribution in [0, 0.1) is 0 Å². The molecule has 6 heteroatoms. The van der Waals surface area contributed by atoms with Crippen LogP contribution in [-0.2, 0) is 16.1 Å². The molecule has 0 amide bonds. The fourth-order valence-electron chi connectivity index (χ4n) is 1.63. The van der Waals surface area contributed by atoms with E-state index in [1.54, 1.807) is 12.1 Å². The van der Waals surface area contributed by atoms with Crippen LogP contribution in [0.5, 0.6) is 0 Å². The molecule has 0 unspecified atom stereocenters. The van der Waals surface area contributed by atoms with Crippen LogP contribution in [-0.4, -0.2) is 23.4 Å². The van der Waals surface area contributed by atoms with Gasteiger partial charge in [0.25, 0.3) is 0 Å². The highest BCUT2D eigenvalue weighted by Gasteiger charge is 2.13. The van der Waals surface area contributed by atoms with Crippen molar-refractivity contribution in [3.8, 4) is 0 Å². The predicted molar refractivity (Wildman–Crippen MR) is 62.5 cm³/mol. The molecule has 1 heterocycles. The van der Waals surface area contributed by atoms with Crippen molar-refractivity contribution >= 4 is 22.9 Å². The maximum atomic E-state index is 11.6. The summed E-state index contributed by atoms with van der Waals surface area (Å²) in [6.45, 7) is 1.20. The second-order valence-corrected chi connectivity index (χ2v) is 3.77. The third-order valence-electron chi connectivity index (χ3n) is 2.59. The molecular formula is C12H11NO5. The van der Waals surface area contributed by atoms with Gasteiger partial charge < -0.3 is 9.15 Å². The molecule has 0 aliphatic rings. The first-order valence-corrected chi connectivity index (χ1v) is 5.24. The van der Waals surface area contributed by atoms with E-state index in [9.17, 15) is 14.4 Å². The summed E-state index contributed by atoms with van der Waals surface area (Å²) < 4.78 is 10.6. The summed E-state index contributed by atoms with van der Waals surface area (Å²) >= 11 is 0. The zero-order valence-corrected chi connectivity index (χ0v) is 9.93. The van der Waals surface area contributed by atoms with E-state index in [4.69, 9.17) is 4.42 Å². The zero-order chi connectivity index (χ0) is 13.3. The van der Waals surface area contributed by atoms with Crippen LogP contribution in [0.1, 0.15) is 17.3 Å². The highest BCUT2D eigenvalue weighted by molar-refractivity contribution is 5.97. The molecule has 0 aliphatic carbocycles. The van der Waals surface area contributed by atoms with Gasteiger partial charge >= 0.3 is 11.7 Å². The second kappa shape index (κ2) is 4.48. The number of oxazole rings is 1. The van der Waals surface area contributed by atoms with Crippen molar-refractivity contribution in [1.82, 2.24) is 4.57 Å². The normalized spacial score (nSPS) is 10.6. The highest BCUT2D eigenvalue weighted by Crippen LogP contribution is 2.15. The molecule has 0 spiro atoms. The Balaban J connectivity index is 2.55. The number of aromatic nitrogens is 1. The van der Waals surface area contributed by atoms with Crippen LogP contribution >= 0.6 is 0 Å². The topological polar surface area (TPSA) is 78.5 Å². The van der Waals surface area contributed by atoms with Gasteiger partial charge in [0.1, 0.15) is 6.54 Å². The van der Waals surface area contributed by atoms with Crippen molar-refractivity contribution in [3.63, 3.8) is 0 Å². The molecule has 1 aromatic carbocycles. The Bertz CT molecular complexity index is 679. The van der Waals surface area contributed by atoms with Crippen molar-refractivity contribution in [2.75, 3.05) is 7.11 Å². The van der Waals surface area contributed by atoms with Crippen LogP contribution in [0.25, 0.3) is 11.1 Å². The van der Waals surface area contributed by atoms with Crippen molar-refractivity contribution in [3.05, 3.63) is 34.3 Å². The Morgan fingerprint density at radius 1 is 1.39 bits per heavy atom. The van der Waals surface area contributed by atoms with Crippen LogP contribution in [0.3, 0.4) is 0 Å². The maximum absolute atomic E-state index is 11.6. The molecule has 0 fully saturated rings. The van der Waals surface area contributed by atoms with E-state index in [1.165, 1.54) is 20.1 Å². The molecule has 94 valence electrons. The third-order valence-corrected chi connectivity index (χ3v) is 2.59. The number of esters is 1. The standard InChI is InChI=1S/C12H11NO5/c1-7(14)8-3-4-9-10(5-8)18-12(16)13(9)6-11(15)17-2/h3-5H,6H2,1-2H3. The lowest BCUT2D eigenvalue weighted by atomic mass is 10.1. The average molecular weight is 249 g/mol. The molecule has 1 aromatic heterocycles. The SMILES string of the molecule is COC(=O)Cn1c(=O)oc2cc(C(C)=O)ccc21. The summed E-state index contributed by atoms with van der Waals surface area (Å²) in [6, 6.07) is 4.63. The third kappa shape index (κ3) is 2.04. The summed E-state index contributed by atoms with van der Waals surface area (Å²) in [5.41, 5.74) is 1.17. The number of fused-ring (bicyclic) bond motifs is 1. The molecule has 2 rings (SSSR count). The van der Waals surface area contributed by atoms with E-state index in [0.717, 1.165) is 4.57 Å². The van der Waals surface area contributed by atoms with Crippen molar-refractivity contribution in [1.29, 1.82) is 0 Å². The first kappa shape index (κ1) is 12.1. The van der Waals surface area contributed by atoms with Crippen LogP contribution in [0.2, 0.25) is 0 Å². The number of hydrogen-bond acceptors (Lipinski definition) is 5. The molecule has 0 N–H and O–H groups in total. The first-order chi connectivity index (χ1) is 8.52. The summed E-state index contributed by atoms with van der Waals surface area (Å²) in [6.07, 6.45) is 0. The quantitative estimate of drug-likeness (QED) is 0.598. The summed E-state index contributed by atoms with van der Waals surface area (Å²) in [5.74, 6) is -1.33. The van der Waals surface area contributed by atoms with E-state index < -0.39 is 11.7 Å². The van der Waals surface area contributed by atoms with Gasteiger partial charge in [-0.3, -0.25) is 14.2 Å². The van der Waals surface area contributed by atoms with Gasteiger partial charge in [0.2, 0.25) is 0 Å². The monoisotopic (exact) mass is 249 g/mol. The van der Waals surface area contributed by atoms with E-state index in [2.05, 4.69) is 4.74 Å². The first-order valence-electron chi connectivity index (χ1n) is 5.24. The molecule has 0 bridgehead atoms. The predicted octanol–water partition coefficient (Wildman–Crippen LogP) is 0.970. The van der Waals surface area contributed by atoms with E-state index in [0.29, 0.717) is 11.1 Å². The van der Waals surface area contributed by atoms with Gasteiger partial charge in [-0.1, -0.05) is 0 Å². The molecule has 18 heavy (non-hydrogen) atoms. The van der Waals surface area contributed by atoms with Gasteiger partial charge in [-0.15, -0.1) is 0 Å². The Kier molecular flexibility index (Phi) is 3.01. The number of hydrogen-bond donors (Lipinski definition) is 0.